The van der Waals surface area contributed by atoms with Crippen LogP contribution >= 0.6 is 0 Å². The van der Waals surface area contributed by atoms with Gasteiger partial charge in [-0.3, -0.25) is 4.57 Å². The summed E-state index contributed by atoms with van der Waals surface area (Å²) in [7, 11) is 0. The number of rotatable bonds is 4. The number of hydrogen-bond donors (Lipinski definition) is 0. The van der Waals surface area contributed by atoms with E-state index >= 15 is 0 Å². The van der Waals surface area contributed by atoms with Crippen molar-refractivity contribution in [1.82, 2.24) is 9.55 Å². The molecule has 10 aromatic rings. The number of ether oxygens (including phenoxy) is 1. The SMILES string of the molecule is CCc1nc2cccc3c2n1-c1ccc(-c2ccc4c(-c5ccc6ccccc6c5)c5ccccc5c(-c5ccc6ccccc6c5)c4c2)cc1O3. The number of para-hydroxylation sites is 1. The van der Waals surface area contributed by atoms with E-state index in [2.05, 4.69) is 163 Å². The van der Waals surface area contributed by atoms with E-state index in [1.165, 1.54) is 65.3 Å². The number of benzene rings is 9. The minimum absolute atomic E-state index is 0.838. The first kappa shape index (κ1) is 29.1. The number of fused-ring (bicyclic) bond motifs is 6. The summed E-state index contributed by atoms with van der Waals surface area (Å²) < 4.78 is 8.87. The molecule has 1 aliphatic heterocycles. The lowest BCUT2D eigenvalue weighted by atomic mass is 9.84. The van der Waals surface area contributed by atoms with Crippen molar-refractivity contribution in [2.75, 3.05) is 0 Å². The molecule has 0 saturated carbocycles. The molecule has 0 radical (unpaired) electrons. The first-order valence-corrected chi connectivity index (χ1v) is 18.0. The third-order valence-electron chi connectivity index (χ3n) is 10.9. The lowest BCUT2D eigenvalue weighted by Crippen LogP contribution is -2.07. The summed E-state index contributed by atoms with van der Waals surface area (Å²) in [4.78, 5) is 4.93. The molecule has 11 rings (SSSR count). The van der Waals surface area contributed by atoms with Crippen LogP contribution in [0.4, 0.5) is 0 Å². The fourth-order valence-electron chi connectivity index (χ4n) is 8.47. The highest BCUT2D eigenvalue weighted by molar-refractivity contribution is 6.22. The second kappa shape index (κ2) is 11.1. The third kappa shape index (κ3) is 4.29. The molecule has 0 bridgehead atoms. The van der Waals surface area contributed by atoms with Crippen molar-refractivity contribution in [2.24, 2.45) is 0 Å². The summed E-state index contributed by atoms with van der Waals surface area (Å²) >= 11 is 0. The molecule has 0 spiro atoms. The molecule has 0 fully saturated rings. The fourth-order valence-corrected chi connectivity index (χ4v) is 8.47. The van der Waals surface area contributed by atoms with Crippen molar-refractivity contribution in [1.29, 1.82) is 0 Å². The molecule has 0 unspecified atom stereocenters. The van der Waals surface area contributed by atoms with Gasteiger partial charge in [0.25, 0.3) is 0 Å². The Balaban J connectivity index is 1.18. The maximum absolute atomic E-state index is 6.60. The molecule has 1 aliphatic rings. The number of nitrogens with zero attached hydrogens (tertiary/aromatic N) is 2. The molecule has 0 aliphatic carbocycles. The van der Waals surface area contributed by atoms with Gasteiger partial charge in [-0.05, 0) is 119 Å². The zero-order chi connectivity index (χ0) is 34.3. The largest absolute Gasteiger partial charge is 0.453 e. The quantitative estimate of drug-likeness (QED) is 0.175. The Labute approximate surface area is 301 Å². The van der Waals surface area contributed by atoms with Crippen LogP contribution in [0.15, 0.2) is 164 Å². The van der Waals surface area contributed by atoms with Gasteiger partial charge in [0.2, 0.25) is 0 Å². The highest BCUT2D eigenvalue weighted by Gasteiger charge is 2.24. The van der Waals surface area contributed by atoms with E-state index in [4.69, 9.17) is 9.72 Å². The summed E-state index contributed by atoms with van der Waals surface area (Å²) in [5, 5.41) is 9.91. The Morgan fingerprint density at radius 1 is 0.462 bits per heavy atom. The van der Waals surface area contributed by atoms with E-state index in [-0.39, 0.29) is 0 Å². The summed E-state index contributed by atoms with van der Waals surface area (Å²) in [6, 6.07) is 59.7. The van der Waals surface area contributed by atoms with E-state index in [0.717, 1.165) is 51.6 Å². The highest BCUT2D eigenvalue weighted by atomic mass is 16.5. The molecule has 1 aromatic heterocycles. The Bertz CT molecular complexity index is 3100. The number of imidazole rings is 1. The average molecular weight is 665 g/mol. The predicted octanol–water partition coefficient (Wildman–Crippen LogP) is 13.3. The van der Waals surface area contributed by atoms with Crippen molar-refractivity contribution in [3.63, 3.8) is 0 Å². The van der Waals surface area contributed by atoms with Gasteiger partial charge < -0.3 is 4.74 Å². The fraction of sp³-hybridized carbons (Fsp3) is 0.0408. The first-order chi connectivity index (χ1) is 25.7. The maximum atomic E-state index is 6.60. The Kier molecular flexibility index (Phi) is 6.23. The minimum atomic E-state index is 0.838. The van der Waals surface area contributed by atoms with E-state index in [1.54, 1.807) is 0 Å². The van der Waals surface area contributed by atoms with Crippen LogP contribution in [-0.2, 0) is 6.42 Å². The molecule has 2 heterocycles. The Morgan fingerprint density at radius 3 is 1.73 bits per heavy atom. The van der Waals surface area contributed by atoms with Gasteiger partial charge in [0.15, 0.2) is 11.5 Å². The molecule has 3 heteroatoms. The van der Waals surface area contributed by atoms with Crippen LogP contribution < -0.4 is 4.74 Å². The Morgan fingerprint density at radius 2 is 1.04 bits per heavy atom. The van der Waals surface area contributed by atoms with Crippen LogP contribution in [0, 0.1) is 0 Å². The van der Waals surface area contributed by atoms with Crippen LogP contribution in [0.3, 0.4) is 0 Å². The molecule has 3 nitrogen and oxygen atoms in total. The van der Waals surface area contributed by atoms with E-state index in [9.17, 15) is 0 Å². The van der Waals surface area contributed by atoms with Gasteiger partial charge in [0.1, 0.15) is 11.3 Å². The van der Waals surface area contributed by atoms with E-state index in [1.807, 2.05) is 12.1 Å². The molecular weight excluding hydrogens is 633 g/mol. The zero-order valence-electron chi connectivity index (χ0n) is 28.6. The minimum Gasteiger partial charge on any atom is -0.453 e. The summed E-state index contributed by atoms with van der Waals surface area (Å²) in [6.07, 6.45) is 0.838. The molecular formula is C49H32N2O. The van der Waals surface area contributed by atoms with Crippen molar-refractivity contribution >= 4 is 54.1 Å². The predicted molar refractivity (Wildman–Crippen MR) is 217 cm³/mol. The van der Waals surface area contributed by atoms with Gasteiger partial charge in [0, 0.05) is 6.42 Å². The van der Waals surface area contributed by atoms with Crippen molar-refractivity contribution < 1.29 is 4.74 Å². The summed E-state index contributed by atoms with van der Waals surface area (Å²) in [6.45, 7) is 2.16. The van der Waals surface area contributed by atoms with Gasteiger partial charge in [-0.15, -0.1) is 0 Å². The van der Waals surface area contributed by atoms with Crippen LogP contribution in [0.1, 0.15) is 12.7 Å². The highest BCUT2D eigenvalue weighted by Crippen LogP contribution is 2.47. The monoisotopic (exact) mass is 664 g/mol. The number of hydrogen-bond acceptors (Lipinski definition) is 2. The summed E-state index contributed by atoms with van der Waals surface area (Å²) in [5.41, 5.74) is 10.2. The van der Waals surface area contributed by atoms with Gasteiger partial charge in [0.05, 0.1) is 11.2 Å². The zero-order valence-corrected chi connectivity index (χ0v) is 28.6. The number of aryl methyl sites for hydroxylation is 1. The average Bonchev–Trinajstić information content (AvgIpc) is 3.59. The second-order valence-corrected chi connectivity index (χ2v) is 13.8. The molecule has 0 amide bonds. The number of aromatic nitrogens is 2. The van der Waals surface area contributed by atoms with Gasteiger partial charge in [-0.25, -0.2) is 4.98 Å². The summed E-state index contributed by atoms with van der Waals surface area (Å²) in [5.74, 6) is 2.73. The smallest absolute Gasteiger partial charge is 0.153 e. The van der Waals surface area contributed by atoms with E-state index < -0.39 is 0 Å². The topological polar surface area (TPSA) is 27.1 Å². The molecule has 0 N–H and O–H groups in total. The van der Waals surface area contributed by atoms with Crippen LogP contribution in [0.25, 0.3) is 93.2 Å². The maximum Gasteiger partial charge on any atom is 0.153 e. The second-order valence-electron chi connectivity index (χ2n) is 13.8. The first-order valence-electron chi connectivity index (χ1n) is 18.0. The molecule has 52 heavy (non-hydrogen) atoms. The Hall–Kier alpha value is -6.71. The molecule has 244 valence electrons. The lowest BCUT2D eigenvalue weighted by molar-refractivity contribution is 0.474. The van der Waals surface area contributed by atoms with Crippen LogP contribution in [0.2, 0.25) is 0 Å². The van der Waals surface area contributed by atoms with Crippen molar-refractivity contribution in [3.05, 3.63) is 170 Å². The van der Waals surface area contributed by atoms with E-state index in [0.29, 0.717) is 0 Å². The lowest BCUT2D eigenvalue weighted by Gasteiger charge is -2.22. The van der Waals surface area contributed by atoms with Crippen LogP contribution in [0.5, 0.6) is 11.5 Å². The van der Waals surface area contributed by atoms with Crippen molar-refractivity contribution in [2.45, 2.75) is 13.3 Å². The van der Waals surface area contributed by atoms with Gasteiger partial charge >= 0.3 is 0 Å². The van der Waals surface area contributed by atoms with Crippen LogP contribution in [-0.4, -0.2) is 9.55 Å². The standard InChI is InChI=1S/C49H32N2O/c1-2-46-50-42-16-9-17-44-49(42)51(46)43-25-23-35(29-45(43)52-44)34-22-24-40-41(28-34)48(37-21-19-31-11-4-6-13-33(31)27-37)39-15-8-7-14-38(39)47(40)36-20-18-30-10-3-5-12-32(30)26-36/h3-29H,2H2,1H3. The van der Waals surface area contributed by atoms with Gasteiger partial charge in [-0.2, -0.15) is 0 Å². The molecule has 9 aromatic carbocycles. The van der Waals surface area contributed by atoms with Crippen molar-refractivity contribution in [3.8, 4) is 50.6 Å². The normalized spacial score (nSPS) is 12.2. The third-order valence-corrected chi connectivity index (χ3v) is 10.9. The molecule has 0 atom stereocenters. The van der Waals surface area contributed by atoms with Gasteiger partial charge in [-0.1, -0.05) is 128 Å². The molecule has 0 saturated heterocycles.